The van der Waals surface area contributed by atoms with E-state index in [4.69, 9.17) is 0 Å². The van der Waals surface area contributed by atoms with Gasteiger partial charge in [0.1, 0.15) is 6.04 Å². The molecule has 0 aromatic heterocycles. The molecule has 158 valence electrons. The molecule has 28 heavy (non-hydrogen) atoms. The zero-order valence-electron chi connectivity index (χ0n) is 16.8. The normalized spacial score (nSPS) is 12.8. The molecule has 1 atom stereocenters. The lowest BCUT2D eigenvalue weighted by atomic mass is 10.1. The summed E-state index contributed by atoms with van der Waals surface area (Å²) in [6, 6.07) is 5.09. The van der Waals surface area contributed by atoms with Crippen LogP contribution in [0, 0.1) is 11.8 Å². The van der Waals surface area contributed by atoms with Crippen LogP contribution in [0.5, 0.6) is 0 Å². The van der Waals surface area contributed by atoms with Crippen molar-refractivity contribution in [1.82, 2.24) is 15.4 Å². The number of carbonyl (C=O) groups excluding carboxylic acids is 2. The first-order valence-corrected chi connectivity index (χ1v) is 11.6. The summed E-state index contributed by atoms with van der Waals surface area (Å²) in [6.07, 6.45) is 0.124. The summed E-state index contributed by atoms with van der Waals surface area (Å²) in [7, 11) is -3.90. The number of nitrogens with one attached hydrogen (secondary N) is 3. The van der Waals surface area contributed by atoms with E-state index in [1.165, 1.54) is 12.1 Å². The minimum Gasteiger partial charge on any atom is -0.356 e. The Labute approximate surface area is 176 Å². The Kier molecular flexibility index (Phi) is 10.1. The highest BCUT2D eigenvalue weighted by Crippen LogP contribution is 2.15. The van der Waals surface area contributed by atoms with Crippen molar-refractivity contribution in [3.05, 3.63) is 28.7 Å². The van der Waals surface area contributed by atoms with Crippen molar-refractivity contribution >= 4 is 37.8 Å². The lowest BCUT2D eigenvalue weighted by molar-refractivity contribution is -0.124. The summed E-state index contributed by atoms with van der Waals surface area (Å²) in [5.41, 5.74) is 0. The predicted molar refractivity (Wildman–Crippen MR) is 113 cm³/mol. The van der Waals surface area contributed by atoms with E-state index < -0.39 is 22.0 Å². The van der Waals surface area contributed by atoms with Crippen LogP contribution in [0.3, 0.4) is 0 Å². The van der Waals surface area contributed by atoms with Gasteiger partial charge in [-0.15, -0.1) is 0 Å². The van der Waals surface area contributed by atoms with E-state index >= 15 is 0 Å². The zero-order valence-corrected chi connectivity index (χ0v) is 19.2. The number of carbonyl (C=O) groups is 2. The number of benzene rings is 1. The van der Waals surface area contributed by atoms with Gasteiger partial charge < -0.3 is 10.6 Å². The van der Waals surface area contributed by atoms with E-state index in [-0.39, 0.29) is 29.6 Å². The van der Waals surface area contributed by atoms with Crippen LogP contribution in [0.25, 0.3) is 0 Å². The summed E-state index contributed by atoms with van der Waals surface area (Å²) in [5, 5.41) is 5.51. The van der Waals surface area contributed by atoms with Gasteiger partial charge in [-0.1, -0.05) is 43.6 Å². The highest BCUT2D eigenvalue weighted by Gasteiger charge is 2.26. The minimum absolute atomic E-state index is 0.0509. The SMILES string of the molecule is CC(C)CNC(=O)CCC(NS(=O)(=O)c1ccc(Br)cc1)C(=O)NCC(C)C. The monoisotopic (exact) mass is 475 g/mol. The molecule has 0 aliphatic heterocycles. The van der Waals surface area contributed by atoms with Crippen molar-refractivity contribution in [3.63, 3.8) is 0 Å². The molecule has 9 heteroatoms. The smallest absolute Gasteiger partial charge is 0.241 e. The fourth-order valence-electron chi connectivity index (χ4n) is 2.22. The molecule has 0 fully saturated rings. The molecular weight excluding hydrogens is 446 g/mol. The lowest BCUT2D eigenvalue weighted by Gasteiger charge is -2.19. The van der Waals surface area contributed by atoms with Gasteiger partial charge in [-0.05, 0) is 42.5 Å². The molecule has 1 rings (SSSR count). The average molecular weight is 476 g/mol. The Morgan fingerprint density at radius 3 is 2.04 bits per heavy atom. The third kappa shape index (κ3) is 9.16. The minimum atomic E-state index is -3.90. The van der Waals surface area contributed by atoms with Gasteiger partial charge in [0.05, 0.1) is 4.90 Å². The molecule has 0 radical (unpaired) electrons. The van der Waals surface area contributed by atoms with Crippen LogP contribution in [0.15, 0.2) is 33.6 Å². The molecule has 0 saturated heterocycles. The van der Waals surface area contributed by atoms with Crippen molar-refractivity contribution in [2.45, 2.75) is 51.5 Å². The molecular formula is C19H30BrN3O4S. The molecule has 1 aromatic carbocycles. The van der Waals surface area contributed by atoms with Crippen LogP contribution >= 0.6 is 15.9 Å². The number of hydrogen-bond donors (Lipinski definition) is 3. The molecule has 0 saturated carbocycles. The van der Waals surface area contributed by atoms with Crippen molar-refractivity contribution < 1.29 is 18.0 Å². The largest absolute Gasteiger partial charge is 0.356 e. The van der Waals surface area contributed by atoms with E-state index in [0.29, 0.717) is 19.0 Å². The maximum absolute atomic E-state index is 12.6. The molecule has 0 aliphatic rings. The van der Waals surface area contributed by atoms with Crippen LogP contribution < -0.4 is 15.4 Å². The van der Waals surface area contributed by atoms with E-state index in [9.17, 15) is 18.0 Å². The average Bonchev–Trinajstić information content (AvgIpc) is 2.61. The Hall–Kier alpha value is -1.45. The second-order valence-corrected chi connectivity index (χ2v) is 10.1. The molecule has 1 unspecified atom stereocenters. The first-order valence-electron chi connectivity index (χ1n) is 9.33. The third-order valence-electron chi connectivity index (χ3n) is 3.79. The van der Waals surface area contributed by atoms with Gasteiger partial charge in [0.15, 0.2) is 0 Å². The molecule has 3 N–H and O–H groups in total. The number of sulfonamides is 1. The summed E-state index contributed by atoms with van der Waals surface area (Å²) in [6.45, 7) is 8.81. The van der Waals surface area contributed by atoms with Crippen molar-refractivity contribution in [3.8, 4) is 0 Å². The van der Waals surface area contributed by atoms with Gasteiger partial charge in [-0.2, -0.15) is 4.72 Å². The van der Waals surface area contributed by atoms with E-state index in [1.54, 1.807) is 12.1 Å². The topological polar surface area (TPSA) is 104 Å². The predicted octanol–water partition coefficient (Wildman–Crippen LogP) is 2.42. The molecule has 0 aliphatic carbocycles. The number of halogens is 1. The lowest BCUT2D eigenvalue weighted by Crippen LogP contribution is -2.48. The Morgan fingerprint density at radius 2 is 1.50 bits per heavy atom. The van der Waals surface area contributed by atoms with Crippen molar-refractivity contribution in [2.75, 3.05) is 13.1 Å². The molecule has 0 heterocycles. The summed E-state index contributed by atoms with van der Waals surface area (Å²) >= 11 is 3.26. The maximum atomic E-state index is 12.6. The highest BCUT2D eigenvalue weighted by atomic mass is 79.9. The standard InChI is InChI=1S/C19H30BrN3O4S/c1-13(2)11-21-18(24)10-9-17(19(25)22-12-14(3)4)23-28(26,27)16-7-5-15(20)6-8-16/h5-8,13-14,17,23H,9-12H2,1-4H3,(H,21,24)(H,22,25). The molecule has 7 nitrogen and oxygen atoms in total. The summed E-state index contributed by atoms with van der Waals surface area (Å²) in [4.78, 5) is 24.6. The van der Waals surface area contributed by atoms with Crippen LogP contribution in [-0.2, 0) is 19.6 Å². The van der Waals surface area contributed by atoms with Crippen LogP contribution in [0.4, 0.5) is 0 Å². The number of hydrogen-bond acceptors (Lipinski definition) is 4. The molecule has 2 amide bonds. The first-order chi connectivity index (χ1) is 13.0. The number of rotatable bonds is 11. The fraction of sp³-hybridized carbons (Fsp3) is 0.579. The Morgan fingerprint density at radius 1 is 0.964 bits per heavy atom. The summed E-state index contributed by atoms with van der Waals surface area (Å²) in [5.74, 6) is -0.115. The van der Waals surface area contributed by atoms with E-state index in [0.717, 1.165) is 4.47 Å². The second kappa shape index (κ2) is 11.5. The summed E-state index contributed by atoms with van der Waals surface area (Å²) < 4.78 is 28.5. The van der Waals surface area contributed by atoms with Gasteiger partial charge in [0, 0.05) is 24.0 Å². The van der Waals surface area contributed by atoms with Crippen molar-refractivity contribution in [1.29, 1.82) is 0 Å². The van der Waals surface area contributed by atoms with Gasteiger partial charge in [-0.3, -0.25) is 9.59 Å². The third-order valence-corrected chi connectivity index (χ3v) is 5.81. The van der Waals surface area contributed by atoms with Crippen LogP contribution in [-0.4, -0.2) is 39.4 Å². The first kappa shape index (κ1) is 24.6. The van der Waals surface area contributed by atoms with Crippen LogP contribution in [0.1, 0.15) is 40.5 Å². The van der Waals surface area contributed by atoms with Crippen molar-refractivity contribution in [2.24, 2.45) is 11.8 Å². The molecule has 1 aromatic rings. The number of amides is 2. The quantitative estimate of drug-likeness (QED) is 0.456. The maximum Gasteiger partial charge on any atom is 0.241 e. The van der Waals surface area contributed by atoms with Gasteiger partial charge in [0.25, 0.3) is 0 Å². The van der Waals surface area contributed by atoms with Crippen LogP contribution in [0.2, 0.25) is 0 Å². The Bertz CT molecular complexity index is 749. The van der Waals surface area contributed by atoms with Gasteiger partial charge >= 0.3 is 0 Å². The second-order valence-electron chi connectivity index (χ2n) is 7.50. The highest BCUT2D eigenvalue weighted by molar-refractivity contribution is 9.10. The van der Waals surface area contributed by atoms with Gasteiger partial charge in [-0.25, -0.2) is 8.42 Å². The van der Waals surface area contributed by atoms with Gasteiger partial charge in [0.2, 0.25) is 21.8 Å². The van der Waals surface area contributed by atoms with E-state index in [2.05, 4.69) is 31.3 Å². The zero-order chi connectivity index (χ0) is 21.3. The van der Waals surface area contributed by atoms with E-state index in [1.807, 2.05) is 27.7 Å². The fourth-order valence-corrected chi connectivity index (χ4v) is 3.72. The molecule has 0 spiro atoms. The molecule has 0 bridgehead atoms. The Balaban J connectivity index is 2.85.